The Kier molecular flexibility index (Phi) is 9.48. The van der Waals surface area contributed by atoms with Gasteiger partial charge in [-0.2, -0.15) is 4.98 Å². The molecule has 2 aromatic rings. The Hall–Kier alpha value is -1.64. The number of aromatic nitrogens is 2. The maximum absolute atomic E-state index is 5.24. The van der Waals surface area contributed by atoms with Gasteiger partial charge in [-0.15, -0.1) is 24.0 Å². The lowest BCUT2D eigenvalue weighted by atomic mass is 10.0. The van der Waals surface area contributed by atoms with Crippen LogP contribution in [0, 0.1) is 0 Å². The average molecular weight is 457 g/mol. The van der Waals surface area contributed by atoms with Crippen LogP contribution in [0.2, 0.25) is 0 Å². The van der Waals surface area contributed by atoms with Crippen LogP contribution in [0.5, 0.6) is 0 Å². The van der Waals surface area contributed by atoms with Gasteiger partial charge in [-0.1, -0.05) is 56.3 Å². The predicted octanol–water partition coefficient (Wildman–Crippen LogP) is 3.32. The maximum atomic E-state index is 5.24. The molecule has 0 bridgehead atoms. The number of nitrogens with one attached hydrogen (secondary N) is 2. The van der Waals surface area contributed by atoms with E-state index in [9.17, 15) is 0 Å². The van der Waals surface area contributed by atoms with E-state index >= 15 is 0 Å². The largest absolute Gasteiger partial charge is 0.356 e. The normalized spacial score (nSPS) is 12.6. The second kappa shape index (κ2) is 11.1. The minimum absolute atomic E-state index is 0. The molecule has 0 aliphatic rings. The highest BCUT2D eigenvalue weighted by Gasteiger charge is 2.10. The lowest BCUT2D eigenvalue weighted by Crippen LogP contribution is -2.39. The lowest BCUT2D eigenvalue weighted by molar-refractivity contribution is 0.371. The van der Waals surface area contributed by atoms with Crippen molar-refractivity contribution in [1.29, 1.82) is 0 Å². The van der Waals surface area contributed by atoms with Crippen molar-refractivity contribution in [3.8, 4) is 0 Å². The van der Waals surface area contributed by atoms with E-state index in [2.05, 4.69) is 57.0 Å². The Morgan fingerprint density at radius 3 is 2.48 bits per heavy atom. The molecule has 1 atom stereocenters. The van der Waals surface area contributed by atoms with E-state index in [0.717, 1.165) is 18.3 Å². The van der Waals surface area contributed by atoms with Crippen LogP contribution < -0.4 is 10.6 Å². The molecule has 0 amide bonds. The molecule has 25 heavy (non-hydrogen) atoms. The third-order valence-electron chi connectivity index (χ3n) is 3.80. The van der Waals surface area contributed by atoms with E-state index in [1.54, 1.807) is 7.05 Å². The van der Waals surface area contributed by atoms with Gasteiger partial charge in [0.25, 0.3) is 0 Å². The minimum Gasteiger partial charge on any atom is -0.356 e. The monoisotopic (exact) mass is 457 g/mol. The van der Waals surface area contributed by atoms with Gasteiger partial charge < -0.3 is 15.2 Å². The fourth-order valence-electron chi connectivity index (χ4n) is 2.26. The average Bonchev–Trinajstić information content (AvgIpc) is 3.07. The molecular weight excluding hydrogens is 429 g/mol. The highest BCUT2D eigenvalue weighted by molar-refractivity contribution is 14.0. The maximum Gasteiger partial charge on any atom is 0.228 e. The number of nitrogens with zero attached hydrogens (tertiary/aromatic N) is 3. The number of hydrogen-bond acceptors (Lipinski definition) is 4. The van der Waals surface area contributed by atoms with E-state index in [1.807, 2.05) is 19.9 Å². The smallest absolute Gasteiger partial charge is 0.228 e. The van der Waals surface area contributed by atoms with E-state index < -0.39 is 0 Å². The van der Waals surface area contributed by atoms with Gasteiger partial charge in [-0.05, 0) is 11.5 Å². The Balaban J connectivity index is 0.00000312. The first-order valence-corrected chi connectivity index (χ1v) is 8.42. The molecule has 0 saturated heterocycles. The molecule has 6 nitrogen and oxygen atoms in total. The molecule has 0 fully saturated rings. The van der Waals surface area contributed by atoms with Crippen LogP contribution in [-0.4, -0.2) is 36.2 Å². The van der Waals surface area contributed by atoms with Crippen LogP contribution in [0.15, 0.2) is 39.8 Å². The Morgan fingerprint density at radius 1 is 1.16 bits per heavy atom. The van der Waals surface area contributed by atoms with Gasteiger partial charge in [0.2, 0.25) is 5.89 Å². The number of aliphatic imine (C=N–C) groups is 1. The first-order chi connectivity index (χ1) is 11.6. The molecule has 1 unspecified atom stereocenters. The van der Waals surface area contributed by atoms with Crippen molar-refractivity contribution in [2.45, 2.75) is 39.0 Å². The van der Waals surface area contributed by atoms with Crippen molar-refractivity contribution < 1.29 is 4.52 Å². The van der Waals surface area contributed by atoms with Gasteiger partial charge in [0, 0.05) is 32.5 Å². The van der Waals surface area contributed by atoms with Crippen LogP contribution in [0.25, 0.3) is 0 Å². The molecule has 2 N–H and O–H groups in total. The summed E-state index contributed by atoms with van der Waals surface area (Å²) in [6.45, 7) is 7.81. The molecule has 138 valence electrons. The van der Waals surface area contributed by atoms with Crippen LogP contribution in [0.4, 0.5) is 0 Å². The van der Waals surface area contributed by atoms with Crippen molar-refractivity contribution >= 4 is 29.9 Å². The van der Waals surface area contributed by atoms with Crippen molar-refractivity contribution in [1.82, 2.24) is 20.8 Å². The highest BCUT2D eigenvalue weighted by Crippen LogP contribution is 2.13. The molecule has 1 aromatic carbocycles. The van der Waals surface area contributed by atoms with Gasteiger partial charge in [-0.3, -0.25) is 4.99 Å². The summed E-state index contributed by atoms with van der Waals surface area (Å²) in [6.07, 6.45) is 0.675. The fourth-order valence-corrected chi connectivity index (χ4v) is 2.26. The summed E-state index contributed by atoms with van der Waals surface area (Å²) in [5.41, 5.74) is 1.31. The molecule has 0 spiro atoms. The Bertz CT molecular complexity index is 642. The Labute approximate surface area is 166 Å². The second-order valence-electron chi connectivity index (χ2n) is 6.14. The first-order valence-electron chi connectivity index (χ1n) is 8.42. The van der Waals surface area contributed by atoms with Gasteiger partial charge in [0.05, 0.1) is 0 Å². The standard InChI is InChI=1S/C18H27N5O.HI/c1-13(2)17-22-16(24-23-17)10-11-20-18(19-4)21-12-14(3)15-8-6-5-7-9-15;/h5-9,13-14H,10-12H2,1-4H3,(H2,19,20,21);1H. The van der Waals surface area contributed by atoms with Gasteiger partial charge in [0.1, 0.15) is 0 Å². The minimum atomic E-state index is 0. The summed E-state index contributed by atoms with van der Waals surface area (Å²) in [5.74, 6) is 2.88. The van der Waals surface area contributed by atoms with E-state index in [1.165, 1.54) is 5.56 Å². The van der Waals surface area contributed by atoms with E-state index in [-0.39, 0.29) is 29.9 Å². The van der Waals surface area contributed by atoms with Crippen LogP contribution in [0.3, 0.4) is 0 Å². The quantitative estimate of drug-likeness (QED) is 0.379. The molecule has 0 radical (unpaired) electrons. The van der Waals surface area contributed by atoms with Gasteiger partial charge in [-0.25, -0.2) is 0 Å². The summed E-state index contributed by atoms with van der Waals surface area (Å²) in [5, 5.41) is 10.6. The highest BCUT2D eigenvalue weighted by atomic mass is 127. The SMILES string of the molecule is CN=C(NCCc1nc(C(C)C)no1)NCC(C)c1ccccc1.I. The van der Waals surface area contributed by atoms with Crippen LogP contribution >= 0.6 is 24.0 Å². The number of guanidine groups is 1. The first kappa shape index (κ1) is 21.4. The summed E-state index contributed by atoms with van der Waals surface area (Å²) in [7, 11) is 1.77. The van der Waals surface area contributed by atoms with E-state index in [4.69, 9.17) is 4.52 Å². The summed E-state index contributed by atoms with van der Waals surface area (Å²) >= 11 is 0. The molecule has 1 aromatic heterocycles. The molecular formula is C18H28IN5O. The summed E-state index contributed by atoms with van der Waals surface area (Å²) in [4.78, 5) is 8.61. The third kappa shape index (κ3) is 7.01. The third-order valence-corrected chi connectivity index (χ3v) is 3.80. The number of hydrogen-bond donors (Lipinski definition) is 2. The summed E-state index contributed by atoms with van der Waals surface area (Å²) in [6, 6.07) is 10.4. The van der Waals surface area contributed by atoms with E-state index in [0.29, 0.717) is 24.8 Å². The van der Waals surface area contributed by atoms with Crippen molar-refractivity contribution in [2.75, 3.05) is 20.1 Å². The molecule has 0 aliphatic carbocycles. The van der Waals surface area contributed by atoms with Crippen LogP contribution in [0.1, 0.15) is 49.9 Å². The van der Waals surface area contributed by atoms with Crippen LogP contribution in [-0.2, 0) is 6.42 Å². The van der Waals surface area contributed by atoms with Crippen molar-refractivity contribution in [3.05, 3.63) is 47.6 Å². The number of halogens is 1. The molecule has 0 saturated carbocycles. The molecule has 0 aliphatic heterocycles. The zero-order valence-electron chi connectivity index (χ0n) is 15.3. The zero-order valence-corrected chi connectivity index (χ0v) is 17.7. The zero-order chi connectivity index (χ0) is 17.4. The predicted molar refractivity (Wildman–Crippen MR) is 112 cm³/mol. The molecule has 7 heteroatoms. The summed E-state index contributed by atoms with van der Waals surface area (Å²) < 4.78 is 5.24. The Morgan fingerprint density at radius 2 is 1.88 bits per heavy atom. The lowest BCUT2D eigenvalue weighted by Gasteiger charge is -2.16. The fraction of sp³-hybridized carbons (Fsp3) is 0.500. The number of rotatable bonds is 7. The topological polar surface area (TPSA) is 75.3 Å². The van der Waals surface area contributed by atoms with Gasteiger partial charge >= 0.3 is 0 Å². The molecule has 2 rings (SSSR count). The van der Waals surface area contributed by atoms with Crippen molar-refractivity contribution in [3.63, 3.8) is 0 Å². The number of benzene rings is 1. The molecule has 1 heterocycles. The van der Waals surface area contributed by atoms with Gasteiger partial charge in [0.15, 0.2) is 11.8 Å². The second-order valence-corrected chi connectivity index (χ2v) is 6.14. The van der Waals surface area contributed by atoms with Crippen molar-refractivity contribution in [2.24, 2.45) is 4.99 Å².